The number of hydrogen-bond donors (Lipinski definition) is 1. The van der Waals surface area contributed by atoms with E-state index < -0.39 is 35.3 Å². The van der Waals surface area contributed by atoms with Crippen molar-refractivity contribution >= 4 is 39.9 Å². The van der Waals surface area contributed by atoms with Crippen molar-refractivity contribution in [1.82, 2.24) is 4.98 Å². The minimum Gasteiger partial charge on any atom is -0.507 e. The summed E-state index contributed by atoms with van der Waals surface area (Å²) in [5.74, 6) is -2.96. The predicted molar refractivity (Wildman–Crippen MR) is 138 cm³/mol. The molecule has 1 aliphatic heterocycles. The molecule has 1 atom stereocenters. The summed E-state index contributed by atoms with van der Waals surface area (Å²) in [5, 5.41) is 11.3. The Morgan fingerprint density at radius 2 is 1.87 bits per heavy atom. The minimum absolute atomic E-state index is 0.0274. The first kappa shape index (κ1) is 26.8. The van der Waals surface area contributed by atoms with Crippen molar-refractivity contribution in [3.8, 4) is 11.5 Å². The number of aromatic nitrogens is 1. The first-order valence-electron chi connectivity index (χ1n) is 11.6. The fourth-order valence-electron chi connectivity index (χ4n) is 4.14. The third-order valence-electron chi connectivity index (χ3n) is 6.06. The molecule has 1 N–H and O–H groups in total. The number of ether oxygens (including phenoxy) is 3. The third-order valence-corrected chi connectivity index (χ3v) is 7.19. The van der Waals surface area contributed by atoms with Crippen molar-refractivity contribution < 1.29 is 38.1 Å². The second-order valence-corrected chi connectivity index (χ2v) is 9.36. The fourth-order valence-corrected chi connectivity index (χ4v) is 5.15. The van der Waals surface area contributed by atoms with Gasteiger partial charge in [-0.05, 0) is 50.1 Å². The third kappa shape index (κ3) is 4.60. The van der Waals surface area contributed by atoms with Crippen LogP contribution in [-0.4, -0.2) is 48.6 Å². The molecule has 1 amide bonds. The van der Waals surface area contributed by atoms with E-state index in [9.17, 15) is 23.9 Å². The highest BCUT2D eigenvalue weighted by Crippen LogP contribution is 2.45. The van der Waals surface area contributed by atoms with Crippen LogP contribution >= 0.6 is 11.3 Å². The molecular weight excluding hydrogens is 515 g/mol. The number of carbonyl (C=O) groups is 3. The molecule has 2 aromatic carbocycles. The van der Waals surface area contributed by atoms with Crippen LogP contribution in [-0.2, 0) is 14.3 Å². The molecule has 0 bridgehead atoms. The summed E-state index contributed by atoms with van der Waals surface area (Å²) in [4.78, 5) is 44.6. The number of amides is 1. The van der Waals surface area contributed by atoms with Crippen molar-refractivity contribution in [2.75, 3.05) is 25.7 Å². The Hall–Kier alpha value is -4.25. The van der Waals surface area contributed by atoms with Gasteiger partial charge in [0, 0.05) is 5.56 Å². The Labute approximate surface area is 222 Å². The largest absolute Gasteiger partial charge is 0.507 e. The Bertz CT molecular complexity index is 1480. The number of esters is 1. The van der Waals surface area contributed by atoms with Crippen molar-refractivity contribution in [3.63, 3.8) is 0 Å². The van der Waals surface area contributed by atoms with Gasteiger partial charge in [-0.2, -0.15) is 0 Å². The van der Waals surface area contributed by atoms with Crippen LogP contribution in [0.1, 0.15) is 45.0 Å². The van der Waals surface area contributed by atoms with Crippen LogP contribution < -0.4 is 14.4 Å². The van der Waals surface area contributed by atoms with Gasteiger partial charge in [-0.25, -0.2) is 14.2 Å². The second kappa shape index (κ2) is 10.6. The molecule has 0 aliphatic carbocycles. The molecule has 0 unspecified atom stereocenters. The molecule has 0 spiro atoms. The summed E-state index contributed by atoms with van der Waals surface area (Å²) < 4.78 is 30.2. The van der Waals surface area contributed by atoms with Gasteiger partial charge in [-0.3, -0.25) is 14.5 Å². The van der Waals surface area contributed by atoms with Gasteiger partial charge in [-0.15, -0.1) is 0 Å². The van der Waals surface area contributed by atoms with Crippen LogP contribution in [0.25, 0.3) is 5.76 Å². The highest BCUT2D eigenvalue weighted by Gasteiger charge is 2.48. The molecule has 0 radical (unpaired) electrons. The first-order valence-corrected chi connectivity index (χ1v) is 12.4. The summed E-state index contributed by atoms with van der Waals surface area (Å²) in [6, 6.07) is 7.68. The van der Waals surface area contributed by atoms with Crippen molar-refractivity contribution in [2.24, 2.45) is 0 Å². The number of thiazole rings is 1. The van der Waals surface area contributed by atoms with E-state index in [4.69, 9.17) is 14.2 Å². The van der Waals surface area contributed by atoms with Gasteiger partial charge in [0.15, 0.2) is 16.6 Å². The number of nitrogens with zero attached hydrogens (tertiary/aromatic N) is 2. The highest BCUT2D eigenvalue weighted by molar-refractivity contribution is 7.17. The SMILES string of the molecule is CCOc1ccc([C@@H]2C(=C(O)c3ccc(C)c(F)c3)C(=O)C(=O)N2c2nc(C)c(C(=O)OC)s2)cc1OC. The number of aliphatic hydroxyl groups is 1. The lowest BCUT2D eigenvalue weighted by molar-refractivity contribution is -0.132. The molecule has 4 rings (SSSR count). The lowest BCUT2D eigenvalue weighted by Gasteiger charge is -2.24. The van der Waals surface area contributed by atoms with E-state index in [2.05, 4.69) is 4.98 Å². The predicted octanol–water partition coefficient (Wildman–Crippen LogP) is 4.72. The highest BCUT2D eigenvalue weighted by atomic mass is 32.1. The number of aliphatic hydroxyl groups excluding tert-OH is 1. The van der Waals surface area contributed by atoms with Crippen LogP contribution in [0.4, 0.5) is 9.52 Å². The Kier molecular flexibility index (Phi) is 7.49. The summed E-state index contributed by atoms with van der Waals surface area (Å²) in [5.41, 5.74) is 0.813. The van der Waals surface area contributed by atoms with E-state index in [-0.39, 0.29) is 21.1 Å². The zero-order valence-corrected chi connectivity index (χ0v) is 22.1. The van der Waals surface area contributed by atoms with E-state index in [1.807, 2.05) is 6.92 Å². The van der Waals surface area contributed by atoms with Crippen molar-refractivity contribution in [1.29, 1.82) is 0 Å². The summed E-state index contributed by atoms with van der Waals surface area (Å²) in [7, 11) is 2.67. The average molecular weight is 541 g/mol. The number of carbonyl (C=O) groups excluding carboxylic acids is 3. The number of halogens is 1. The van der Waals surface area contributed by atoms with E-state index in [1.165, 1.54) is 26.4 Å². The molecule has 1 aliphatic rings. The molecule has 3 aromatic rings. The topological polar surface area (TPSA) is 115 Å². The number of ketones is 1. The van der Waals surface area contributed by atoms with Gasteiger partial charge in [0.1, 0.15) is 16.5 Å². The van der Waals surface area contributed by atoms with Crippen molar-refractivity contribution in [2.45, 2.75) is 26.8 Å². The van der Waals surface area contributed by atoms with Crippen LogP contribution in [0.2, 0.25) is 0 Å². The zero-order valence-electron chi connectivity index (χ0n) is 21.3. The second-order valence-electron chi connectivity index (χ2n) is 8.38. The normalized spacial score (nSPS) is 16.6. The van der Waals surface area contributed by atoms with Gasteiger partial charge in [0.05, 0.1) is 38.1 Å². The average Bonchev–Trinajstić information content (AvgIpc) is 3.41. The lowest BCUT2D eigenvalue weighted by Crippen LogP contribution is -2.29. The maximum absolute atomic E-state index is 14.4. The standard InChI is InChI=1S/C27H25FN2O7S/c1-6-37-18-10-9-15(12-19(18)35-4)21-20(22(31)16-8-7-13(2)17(28)11-16)23(32)25(33)30(21)27-29-14(3)24(38-27)26(34)36-5/h7-12,21,31H,6H2,1-5H3/t21-/m1/s1. The van der Waals surface area contributed by atoms with E-state index in [0.717, 1.165) is 22.3 Å². The summed E-state index contributed by atoms with van der Waals surface area (Å²) in [6.45, 7) is 5.33. The molecule has 198 valence electrons. The quantitative estimate of drug-likeness (QED) is 0.198. The van der Waals surface area contributed by atoms with E-state index >= 15 is 0 Å². The molecule has 2 heterocycles. The van der Waals surface area contributed by atoms with Gasteiger partial charge in [-0.1, -0.05) is 29.5 Å². The number of Topliss-reactive ketones (excluding diaryl/α,β-unsaturated/α-hetero) is 1. The van der Waals surface area contributed by atoms with Crippen LogP contribution in [0.15, 0.2) is 42.0 Å². The van der Waals surface area contributed by atoms with Gasteiger partial charge in [0.2, 0.25) is 0 Å². The molecule has 1 fully saturated rings. The minimum atomic E-state index is -1.17. The van der Waals surface area contributed by atoms with Crippen LogP contribution in [0.3, 0.4) is 0 Å². The smallest absolute Gasteiger partial charge is 0.350 e. The number of methoxy groups -OCH3 is 2. The van der Waals surface area contributed by atoms with Crippen LogP contribution in [0, 0.1) is 19.7 Å². The zero-order chi connectivity index (χ0) is 27.7. The summed E-state index contributed by atoms with van der Waals surface area (Å²) >= 11 is 0.876. The Morgan fingerprint density at radius 3 is 2.50 bits per heavy atom. The van der Waals surface area contributed by atoms with E-state index in [0.29, 0.717) is 34.9 Å². The molecule has 38 heavy (non-hydrogen) atoms. The number of rotatable bonds is 7. The van der Waals surface area contributed by atoms with E-state index in [1.54, 1.807) is 32.0 Å². The van der Waals surface area contributed by atoms with Gasteiger partial charge < -0.3 is 19.3 Å². The molecule has 11 heteroatoms. The number of anilines is 1. The fraction of sp³-hybridized carbons (Fsp3) is 0.259. The number of benzene rings is 2. The molecule has 1 aromatic heterocycles. The van der Waals surface area contributed by atoms with Gasteiger partial charge in [0.25, 0.3) is 5.78 Å². The monoisotopic (exact) mass is 540 g/mol. The molecular formula is C27H25FN2O7S. The first-order chi connectivity index (χ1) is 18.1. The Morgan fingerprint density at radius 1 is 1.13 bits per heavy atom. The lowest BCUT2D eigenvalue weighted by atomic mass is 9.94. The van der Waals surface area contributed by atoms with Crippen LogP contribution in [0.5, 0.6) is 11.5 Å². The van der Waals surface area contributed by atoms with Gasteiger partial charge >= 0.3 is 11.9 Å². The molecule has 9 nitrogen and oxygen atoms in total. The molecule has 1 saturated heterocycles. The molecule has 0 saturated carbocycles. The maximum atomic E-state index is 14.4. The Balaban J connectivity index is 1.97. The van der Waals surface area contributed by atoms with Crippen molar-refractivity contribution in [3.05, 3.63) is 75.0 Å². The maximum Gasteiger partial charge on any atom is 0.350 e. The number of hydrogen-bond acceptors (Lipinski definition) is 9. The number of aryl methyl sites for hydroxylation is 2. The summed E-state index contributed by atoms with van der Waals surface area (Å²) in [6.07, 6.45) is 0.